The summed E-state index contributed by atoms with van der Waals surface area (Å²) in [5.74, 6) is -4.06. The van der Waals surface area contributed by atoms with Crippen LogP contribution in [-0.4, -0.2) is 66.1 Å². The van der Waals surface area contributed by atoms with Gasteiger partial charge in [0.25, 0.3) is 0 Å². The number of nitrogens with two attached hydrogens (primary N) is 1. The van der Waals surface area contributed by atoms with Gasteiger partial charge in [-0.2, -0.15) is 0 Å². The molecule has 2 aromatic carbocycles. The van der Waals surface area contributed by atoms with Crippen LogP contribution >= 0.6 is 7.82 Å². The van der Waals surface area contributed by atoms with Crippen LogP contribution in [0.4, 0.5) is 13.2 Å². The van der Waals surface area contributed by atoms with E-state index in [1.807, 2.05) is 0 Å². The molecular weight excluding hydrogens is 546 g/mol. The molecule has 1 aliphatic rings. The molecule has 4 rings (SSSR count). The van der Waals surface area contributed by atoms with Crippen LogP contribution in [0.25, 0.3) is 11.3 Å². The van der Waals surface area contributed by atoms with Gasteiger partial charge in [0.2, 0.25) is 5.91 Å². The van der Waals surface area contributed by atoms with E-state index in [-0.39, 0.29) is 30.9 Å². The molecule has 0 saturated heterocycles. The van der Waals surface area contributed by atoms with Gasteiger partial charge < -0.3 is 30.1 Å². The van der Waals surface area contributed by atoms with Gasteiger partial charge in [-0.15, -0.1) is 5.10 Å². The van der Waals surface area contributed by atoms with E-state index in [1.54, 1.807) is 33.8 Å². The zero-order valence-electron chi connectivity index (χ0n) is 20.5. The average Bonchev–Trinajstić information content (AvgIpc) is 3.29. The number of hydrogen-bond donors (Lipinski definition) is 4. The summed E-state index contributed by atoms with van der Waals surface area (Å²) in [6, 6.07) is 7.15. The zero-order chi connectivity index (χ0) is 28.9. The number of fused-ring (bicyclic) bond motifs is 1. The maximum absolute atomic E-state index is 13.9. The van der Waals surface area contributed by atoms with Crippen LogP contribution in [-0.2, 0) is 33.6 Å². The van der Waals surface area contributed by atoms with Crippen molar-refractivity contribution in [1.82, 2.24) is 19.9 Å². The third kappa shape index (κ3) is 8.18. The highest BCUT2D eigenvalue weighted by molar-refractivity contribution is 7.45. The highest BCUT2D eigenvalue weighted by atomic mass is 31.2. The molecule has 1 atom stereocenters. The van der Waals surface area contributed by atoms with E-state index in [1.165, 1.54) is 7.11 Å². The van der Waals surface area contributed by atoms with Crippen molar-refractivity contribution >= 4 is 19.7 Å². The van der Waals surface area contributed by atoms with E-state index in [4.69, 9.17) is 29.7 Å². The van der Waals surface area contributed by atoms with Crippen LogP contribution in [0, 0.1) is 17.5 Å². The predicted molar refractivity (Wildman–Crippen MR) is 129 cm³/mol. The van der Waals surface area contributed by atoms with Gasteiger partial charge in [-0.3, -0.25) is 4.79 Å². The summed E-state index contributed by atoms with van der Waals surface area (Å²) in [6.07, 6.45) is -0.205. The number of amides is 1. The van der Waals surface area contributed by atoms with Crippen molar-refractivity contribution in [3.8, 4) is 11.3 Å². The number of aromatic nitrogens is 3. The molecule has 0 spiro atoms. The summed E-state index contributed by atoms with van der Waals surface area (Å²) in [4.78, 5) is 47.7. The number of halogens is 3. The third-order valence-electron chi connectivity index (χ3n) is 5.70. The monoisotopic (exact) mass is 571 g/mol. The number of carbonyl (C=O) groups excluding carboxylic acids is 2. The van der Waals surface area contributed by atoms with Gasteiger partial charge in [0.1, 0.15) is 11.5 Å². The molecule has 3 aromatic rings. The lowest BCUT2D eigenvalue weighted by Gasteiger charge is -2.28. The quantitative estimate of drug-likeness (QED) is 0.192. The first-order valence-electron chi connectivity index (χ1n) is 11.3. The fourth-order valence-electron chi connectivity index (χ4n) is 3.89. The fourth-order valence-corrected chi connectivity index (χ4v) is 3.89. The normalized spacial score (nSPS) is 13.7. The number of benzene rings is 2. The smallest absolute Gasteiger partial charge is 0.465 e. The number of methoxy groups -OCH3 is 1. The Bertz CT molecular complexity index is 1390. The lowest BCUT2D eigenvalue weighted by atomic mass is 10.0. The molecule has 0 fully saturated rings. The number of carbonyl (C=O) groups is 2. The summed E-state index contributed by atoms with van der Waals surface area (Å²) in [6.45, 7) is 1.07. The van der Waals surface area contributed by atoms with E-state index in [2.05, 4.69) is 10.3 Å². The highest BCUT2D eigenvalue weighted by Crippen LogP contribution is 2.26. The molecule has 1 aliphatic heterocycles. The van der Waals surface area contributed by atoms with Crippen molar-refractivity contribution in [2.45, 2.75) is 32.0 Å². The Morgan fingerprint density at radius 1 is 1.08 bits per heavy atom. The van der Waals surface area contributed by atoms with Crippen molar-refractivity contribution in [1.29, 1.82) is 0 Å². The van der Waals surface area contributed by atoms with Crippen LogP contribution in [0.15, 0.2) is 36.4 Å². The van der Waals surface area contributed by atoms with Crippen LogP contribution in [0.2, 0.25) is 0 Å². The average molecular weight is 571 g/mol. The van der Waals surface area contributed by atoms with E-state index in [0.29, 0.717) is 30.4 Å². The van der Waals surface area contributed by atoms with Crippen LogP contribution in [0.3, 0.4) is 0 Å². The Morgan fingerprint density at radius 2 is 1.69 bits per heavy atom. The largest absolute Gasteiger partial charge is 0.466 e. The predicted octanol–water partition coefficient (Wildman–Crippen LogP) is 1.52. The first-order chi connectivity index (χ1) is 18.3. The van der Waals surface area contributed by atoms with Gasteiger partial charge in [0, 0.05) is 30.6 Å². The second kappa shape index (κ2) is 12.5. The fraction of sp³-hybridized carbons (Fsp3) is 0.304. The molecule has 0 aliphatic carbocycles. The molecule has 1 amide bonds. The standard InChI is InChI=1S/C23H22F3N5O3.H3O4P/c1-34-23(33)14-4-2-13(3-5-14)22-20-12-30(6-7-31(20)29-28-22)21(32)10-16(27)8-15-9-18(25)19(26)11-17(15)24;1-5(2,3)4/h2-5,9,11,16H,6-8,10,12,27H2,1H3;(H3,1,2,3,4)/t16-;/m1./s1. The summed E-state index contributed by atoms with van der Waals surface area (Å²) in [7, 11) is -3.34. The minimum absolute atomic E-state index is 0.0854. The molecular formula is C23H25F3N5O7P. The Kier molecular flexibility index (Phi) is 9.59. The van der Waals surface area contributed by atoms with E-state index >= 15 is 0 Å². The molecule has 0 unspecified atom stereocenters. The van der Waals surface area contributed by atoms with Crippen molar-refractivity contribution in [3.05, 3.63) is 70.7 Å². The molecule has 5 N–H and O–H groups in total. The Morgan fingerprint density at radius 3 is 2.31 bits per heavy atom. The Labute approximate surface area is 220 Å². The Hall–Kier alpha value is -3.62. The first kappa shape index (κ1) is 29.9. The molecule has 0 bridgehead atoms. The van der Waals surface area contributed by atoms with Crippen LogP contribution in [0.1, 0.15) is 28.0 Å². The summed E-state index contributed by atoms with van der Waals surface area (Å²) in [5.41, 5.74) is 8.37. The third-order valence-corrected chi connectivity index (χ3v) is 5.70. The van der Waals surface area contributed by atoms with Gasteiger partial charge in [0.15, 0.2) is 11.6 Å². The number of esters is 1. The second-order valence-electron chi connectivity index (χ2n) is 8.53. The molecule has 2 heterocycles. The van der Waals surface area contributed by atoms with Gasteiger partial charge in [-0.05, 0) is 30.2 Å². The summed E-state index contributed by atoms with van der Waals surface area (Å²) in [5, 5.41) is 8.37. The summed E-state index contributed by atoms with van der Waals surface area (Å²) < 4.78 is 55.8. The van der Waals surface area contributed by atoms with Crippen molar-refractivity contribution in [2.24, 2.45) is 5.73 Å². The molecule has 1 aromatic heterocycles. The van der Waals surface area contributed by atoms with Gasteiger partial charge >= 0.3 is 13.8 Å². The second-order valence-corrected chi connectivity index (χ2v) is 9.56. The lowest BCUT2D eigenvalue weighted by Crippen LogP contribution is -2.41. The van der Waals surface area contributed by atoms with Crippen LogP contribution < -0.4 is 5.73 Å². The number of nitrogens with zero attached hydrogens (tertiary/aromatic N) is 4. The molecule has 12 nitrogen and oxygen atoms in total. The van der Waals surface area contributed by atoms with Crippen molar-refractivity contribution < 1.29 is 46.7 Å². The minimum atomic E-state index is -4.64. The molecule has 210 valence electrons. The molecule has 16 heteroatoms. The number of hydrogen-bond acceptors (Lipinski definition) is 7. The number of ether oxygens (including phenoxy) is 1. The van der Waals surface area contributed by atoms with Crippen molar-refractivity contribution in [2.75, 3.05) is 13.7 Å². The highest BCUT2D eigenvalue weighted by Gasteiger charge is 2.27. The minimum Gasteiger partial charge on any atom is -0.465 e. The topological polar surface area (TPSA) is 181 Å². The van der Waals surface area contributed by atoms with E-state index < -0.39 is 37.3 Å². The van der Waals surface area contributed by atoms with Crippen molar-refractivity contribution in [3.63, 3.8) is 0 Å². The maximum Gasteiger partial charge on any atom is 0.466 e. The van der Waals surface area contributed by atoms with Gasteiger partial charge in [0.05, 0.1) is 31.5 Å². The number of rotatable bonds is 6. The first-order valence-corrected chi connectivity index (χ1v) is 12.9. The van der Waals surface area contributed by atoms with Gasteiger partial charge in [-0.25, -0.2) is 27.2 Å². The number of phosphoric acid groups is 1. The van der Waals surface area contributed by atoms with E-state index in [0.717, 1.165) is 17.3 Å². The molecule has 39 heavy (non-hydrogen) atoms. The molecule has 0 saturated carbocycles. The van der Waals surface area contributed by atoms with E-state index in [9.17, 15) is 22.8 Å². The summed E-state index contributed by atoms with van der Waals surface area (Å²) >= 11 is 0. The SMILES string of the molecule is COC(=O)c1ccc(-c2nnn3c2CN(C(=O)C[C@H](N)Cc2cc(F)c(F)cc2F)CC3)cc1.O=P(O)(O)O. The van der Waals surface area contributed by atoms with Gasteiger partial charge in [-0.1, -0.05) is 17.3 Å². The zero-order valence-corrected chi connectivity index (χ0v) is 21.4. The molecule has 0 radical (unpaired) electrons. The maximum atomic E-state index is 13.9. The lowest BCUT2D eigenvalue weighted by molar-refractivity contribution is -0.133. The van der Waals surface area contributed by atoms with Crippen LogP contribution in [0.5, 0.6) is 0 Å². The Balaban J connectivity index is 0.000000771.